The van der Waals surface area contributed by atoms with Crippen LogP contribution in [0.15, 0.2) is 47.4 Å². The number of fused-ring (bicyclic) bond motifs is 1. The number of halogens is 1. The Bertz CT molecular complexity index is 1220. The number of nitrogens with one attached hydrogen (secondary N) is 2. The van der Waals surface area contributed by atoms with Gasteiger partial charge in [0.05, 0.1) is 4.90 Å². The number of hydrogen-bond donors (Lipinski definition) is 2. The molecule has 1 aliphatic heterocycles. The Balaban J connectivity index is 1.34. The van der Waals surface area contributed by atoms with Gasteiger partial charge in [0.25, 0.3) is 10.2 Å². The summed E-state index contributed by atoms with van der Waals surface area (Å²) in [6.07, 6.45) is 2.05. The van der Waals surface area contributed by atoms with Crippen LogP contribution in [0.4, 0.5) is 5.69 Å². The first-order valence-electron chi connectivity index (χ1n) is 10.9. The third-order valence-electron chi connectivity index (χ3n) is 6.40. The number of rotatable bonds is 8. The molecular weight excluding hydrogens is 484 g/mol. The second-order valence-corrected chi connectivity index (χ2v) is 12.7. The van der Waals surface area contributed by atoms with Crippen LogP contribution in [0.2, 0.25) is 5.02 Å². The third-order valence-corrected chi connectivity index (χ3v) is 9.66. The number of anilines is 1. The van der Waals surface area contributed by atoms with E-state index >= 15 is 0 Å². The van der Waals surface area contributed by atoms with Crippen molar-refractivity contribution >= 4 is 37.5 Å². The van der Waals surface area contributed by atoms with Crippen LogP contribution in [0, 0.1) is 5.92 Å². The van der Waals surface area contributed by atoms with E-state index in [-0.39, 0.29) is 23.4 Å². The Morgan fingerprint density at radius 2 is 1.76 bits per heavy atom. The molecule has 180 valence electrons. The van der Waals surface area contributed by atoms with Gasteiger partial charge in [-0.05, 0) is 72.7 Å². The van der Waals surface area contributed by atoms with Gasteiger partial charge in [-0.3, -0.25) is 0 Å². The lowest BCUT2D eigenvalue weighted by atomic mass is 9.80. The van der Waals surface area contributed by atoms with Crippen LogP contribution >= 0.6 is 11.6 Å². The van der Waals surface area contributed by atoms with Gasteiger partial charge in [-0.25, -0.2) is 17.9 Å². The highest BCUT2D eigenvalue weighted by Gasteiger charge is 2.36. The molecule has 33 heavy (non-hydrogen) atoms. The molecule has 1 saturated carbocycles. The van der Waals surface area contributed by atoms with Crippen molar-refractivity contribution < 1.29 is 16.8 Å². The van der Waals surface area contributed by atoms with Crippen molar-refractivity contribution in [2.24, 2.45) is 5.92 Å². The van der Waals surface area contributed by atoms with Crippen molar-refractivity contribution in [3.05, 3.63) is 58.6 Å². The van der Waals surface area contributed by atoms with E-state index in [1.807, 2.05) is 31.1 Å². The third kappa shape index (κ3) is 5.52. The molecule has 0 amide bonds. The zero-order valence-corrected chi connectivity index (χ0v) is 21.0. The minimum Gasteiger partial charge on any atom is -0.378 e. The highest BCUT2D eigenvalue weighted by molar-refractivity contribution is 7.89. The van der Waals surface area contributed by atoms with Gasteiger partial charge in [-0.2, -0.15) is 12.7 Å². The summed E-state index contributed by atoms with van der Waals surface area (Å²) in [4.78, 5) is 2.10. The van der Waals surface area contributed by atoms with Crippen molar-refractivity contribution in [3.63, 3.8) is 0 Å². The molecule has 2 aromatic rings. The van der Waals surface area contributed by atoms with Crippen LogP contribution in [0.25, 0.3) is 0 Å². The van der Waals surface area contributed by atoms with Crippen molar-refractivity contribution in [1.82, 2.24) is 13.7 Å². The standard InChI is InChI=1S/C22H29ClN4O4S2/c1-26(2)20-6-8-21(9-7-20)32(28,29)25-22-10-4-17(22)14-24-33(30,31)27-12-11-16-13-19(23)5-3-18(16)15-27/h3,5-9,13,17,22,24-25H,4,10-12,14-15H2,1-2H3/t17-,22+/m1/s1. The first-order valence-corrected chi connectivity index (χ1v) is 14.2. The molecule has 0 aromatic heterocycles. The smallest absolute Gasteiger partial charge is 0.279 e. The summed E-state index contributed by atoms with van der Waals surface area (Å²) in [6.45, 7) is 0.872. The van der Waals surface area contributed by atoms with Crippen molar-refractivity contribution in [1.29, 1.82) is 0 Å². The first kappa shape index (κ1) is 24.4. The van der Waals surface area contributed by atoms with Crippen LogP contribution in [0.1, 0.15) is 24.0 Å². The molecule has 11 heteroatoms. The van der Waals surface area contributed by atoms with Crippen LogP contribution in [0.3, 0.4) is 0 Å². The number of hydrogen-bond acceptors (Lipinski definition) is 5. The fourth-order valence-corrected chi connectivity index (χ4v) is 6.95. The van der Waals surface area contributed by atoms with Gasteiger partial charge in [-0.1, -0.05) is 17.7 Å². The number of nitrogens with zero attached hydrogens (tertiary/aromatic N) is 2. The molecule has 0 saturated heterocycles. The highest BCUT2D eigenvalue weighted by atomic mass is 35.5. The van der Waals surface area contributed by atoms with Crippen molar-refractivity contribution in [2.45, 2.75) is 36.7 Å². The maximum Gasteiger partial charge on any atom is 0.279 e. The molecule has 0 bridgehead atoms. The van der Waals surface area contributed by atoms with Gasteiger partial charge < -0.3 is 4.90 Å². The van der Waals surface area contributed by atoms with Gasteiger partial charge in [-0.15, -0.1) is 0 Å². The fourth-order valence-electron chi connectivity index (χ4n) is 4.16. The highest BCUT2D eigenvalue weighted by Crippen LogP contribution is 2.29. The second kappa shape index (κ2) is 9.52. The quantitative estimate of drug-likeness (QED) is 0.565. The first-order chi connectivity index (χ1) is 15.5. The number of benzene rings is 2. The Kier molecular flexibility index (Phi) is 7.05. The van der Waals surface area contributed by atoms with Crippen LogP contribution < -0.4 is 14.3 Å². The summed E-state index contributed by atoms with van der Waals surface area (Å²) in [5.74, 6) is -0.0912. The summed E-state index contributed by atoms with van der Waals surface area (Å²) >= 11 is 6.03. The molecule has 8 nitrogen and oxygen atoms in total. The van der Waals surface area contributed by atoms with Gasteiger partial charge in [0.15, 0.2) is 0 Å². The lowest BCUT2D eigenvalue weighted by molar-refractivity contribution is 0.237. The summed E-state index contributed by atoms with van der Waals surface area (Å²) in [7, 11) is -3.57. The maximum atomic E-state index is 12.9. The molecule has 0 radical (unpaired) electrons. The van der Waals surface area contributed by atoms with Gasteiger partial charge in [0.1, 0.15) is 0 Å². The van der Waals surface area contributed by atoms with Gasteiger partial charge >= 0.3 is 0 Å². The topological polar surface area (TPSA) is 98.8 Å². The molecule has 2 atom stereocenters. The minimum atomic E-state index is -3.67. The van der Waals surface area contributed by atoms with E-state index in [0.717, 1.165) is 23.2 Å². The molecule has 2 aliphatic rings. The van der Waals surface area contributed by atoms with Gasteiger partial charge in [0, 0.05) is 50.5 Å². The largest absolute Gasteiger partial charge is 0.378 e. The fraction of sp³-hybridized carbons (Fsp3) is 0.455. The zero-order valence-electron chi connectivity index (χ0n) is 18.7. The van der Waals surface area contributed by atoms with Gasteiger partial charge in [0.2, 0.25) is 10.0 Å². The van der Waals surface area contributed by atoms with E-state index < -0.39 is 20.2 Å². The Hall–Kier alpha value is -1.69. The lowest BCUT2D eigenvalue weighted by Gasteiger charge is -2.37. The van der Waals surface area contributed by atoms with E-state index in [0.29, 0.717) is 31.0 Å². The number of sulfonamides is 1. The minimum absolute atomic E-state index is 0.0912. The van der Waals surface area contributed by atoms with Crippen LogP contribution in [-0.4, -0.2) is 54.4 Å². The molecule has 2 aromatic carbocycles. The molecule has 0 spiro atoms. The van der Waals surface area contributed by atoms with E-state index in [1.54, 1.807) is 30.3 Å². The monoisotopic (exact) mass is 512 g/mol. The Labute approximate surface area is 201 Å². The molecule has 0 unspecified atom stereocenters. The summed E-state index contributed by atoms with van der Waals surface area (Å²) in [5, 5.41) is 0.648. The molecular formula is C22H29ClN4O4S2. The van der Waals surface area contributed by atoms with E-state index in [2.05, 4.69) is 9.44 Å². The molecule has 1 aliphatic carbocycles. The Morgan fingerprint density at radius 1 is 1.03 bits per heavy atom. The van der Waals surface area contributed by atoms with E-state index in [9.17, 15) is 16.8 Å². The van der Waals surface area contributed by atoms with Crippen molar-refractivity contribution in [3.8, 4) is 0 Å². The Morgan fingerprint density at radius 3 is 2.39 bits per heavy atom. The average Bonchev–Trinajstić information content (AvgIpc) is 2.76. The lowest BCUT2D eigenvalue weighted by Crippen LogP contribution is -2.52. The predicted molar refractivity (Wildman–Crippen MR) is 130 cm³/mol. The predicted octanol–water partition coefficient (Wildman–Crippen LogP) is 2.36. The summed E-state index contributed by atoms with van der Waals surface area (Å²) < 4.78 is 58.1. The maximum absolute atomic E-state index is 12.9. The average molecular weight is 513 g/mol. The normalized spacial score (nSPS) is 21.3. The zero-order chi connectivity index (χ0) is 23.8. The van der Waals surface area contributed by atoms with Crippen molar-refractivity contribution in [2.75, 3.05) is 32.1 Å². The summed E-state index contributed by atoms with van der Waals surface area (Å²) in [5.41, 5.74) is 2.93. The second-order valence-electron chi connectivity index (χ2n) is 8.80. The molecule has 1 heterocycles. The van der Waals surface area contributed by atoms with Crippen LogP contribution in [0.5, 0.6) is 0 Å². The molecule has 2 N–H and O–H groups in total. The molecule has 1 fully saturated rings. The molecule has 4 rings (SSSR count). The SMILES string of the molecule is CN(C)c1ccc(S(=O)(=O)N[C@H]2CC[C@@H]2CNS(=O)(=O)N2CCc3cc(Cl)ccc3C2)cc1. The van der Waals surface area contributed by atoms with E-state index in [1.165, 1.54) is 4.31 Å². The summed E-state index contributed by atoms with van der Waals surface area (Å²) in [6, 6.07) is 11.9. The van der Waals surface area contributed by atoms with Crippen LogP contribution in [-0.2, 0) is 33.2 Å². The van der Waals surface area contributed by atoms with E-state index in [4.69, 9.17) is 11.6 Å².